The molecular formula is C20H19N5O2S. The molecule has 0 aliphatic heterocycles. The van der Waals surface area contributed by atoms with Gasteiger partial charge in [0.25, 0.3) is 0 Å². The minimum absolute atomic E-state index is 0.192. The number of nitriles is 1. The Morgan fingerprint density at radius 3 is 2.93 bits per heavy atom. The average molecular weight is 393 g/mol. The Kier molecular flexibility index (Phi) is 6.29. The molecule has 0 unspecified atom stereocenters. The van der Waals surface area contributed by atoms with Gasteiger partial charge in [0.2, 0.25) is 11.1 Å². The highest BCUT2D eigenvalue weighted by Crippen LogP contribution is 2.22. The maximum Gasteiger partial charge on any atom is 0.237 e. The molecule has 0 saturated carbocycles. The fourth-order valence-corrected chi connectivity index (χ4v) is 3.12. The number of hydrogen-bond donors (Lipinski definition) is 2. The van der Waals surface area contributed by atoms with Crippen molar-refractivity contribution < 1.29 is 9.53 Å². The monoisotopic (exact) mass is 393 g/mol. The lowest BCUT2D eigenvalue weighted by atomic mass is 10.2. The molecule has 0 aliphatic carbocycles. The molecule has 0 bridgehead atoms. The van der Waals surface area contributed by atoms with E-state index in [1.165, 1.54) is 11.8 Å². The second-order valence-electron chi connectivity index (χ2n) is 6.06. The minimum Gasteiger partial charge on any atom is -0.485 e. The molecule has 0 aliphatic rings. The molecule has 1 heterocycles. The standard InChI is InChI=1S/C20H19N5O2S/c1-13-6-3-4-9-17(13)27-12-18-23-20(25-24-18)28-14(2)19(26)22-16-8-5-7-15(10-16)11-21/h3-10,14H,12H2,1-2H3,(H,22,26)(H,23,24,25)/t14-/m0/s1. The van der Waals surface area contributed by atoms with Crippen molar-refractivity contribution in [2.45, 2.75) is 30.9 Å². The molecule has 0 fully saturated rings. The van der Waals surface area contributed by atoms with Crippen molar-refractivity contribution in [3.63, 3.8) is 0 Å². The van der Waals surface area contributed by atoms with Gasteiger partial charge in [0.1, 0.15) is 12.4 Å². The molecule has 7 nitrogen and oxygen atoms in total. The van der Waals surface area contributed by atoms with E-state index >= 15 is 0 Å². The summed E-state index contributed by atoms with van der Waals surface area (Å²) >= 11 is 1.24. The van der Waals surface area contributed by atoms with Crippen molar-refractivity contribution >= 4 is 23.4 Å². The van der Waals surface area contributed by atoms with Crippen molar-refractivity contribution in [1.82, 2.24) is 15.2 Å². The first-order valence-corrected chi connectivity index (χ1v) is 9.50. The molecule has 0 radical (unpaired) electrons. The van der Waals surface area contributed by atoms with Crippen molar-refractivity contribution in [3.8, 4) is 11.8 Å². The van der Waals surface area contributed by atoms with Gasteiger partial charge in [-0.3, -0.25) is 9.89 Å². The normalized spacial score (nSPS) is 11.5. The number of carbonyl (C=O) groups excluding carboxylic acids is 1. The van der Waals surface area contributed by atoms with E-state index in [0.717, 1.165) is 11.3 Å². The number of aryl methyl sites for hydroxylation is 1. The number of carbonyl (C=O) groups is 1. The van der Waals surface area contributed by atoms with Crippen molar-refractivity contribution in [1.29, 1.82) is 5.26 Å². The number of benzene rings is 2. The van der Waals surface area contributed by atoms with Crippen molar-refractivity contribution in [3.05, 3.63) is 65.5 Å². The van der Waals surface area contributed by atoms with Crippen LogP contribution >= 0.6 is 11.8 Å². The summed E-state index contributed by atoms with van der Waals surface area (Å²) in [6.07, 6.45) is 0. The van der Waals surface area contributed by atoms with Crippen LogP contribution in [0.2, 0.25) is 0 Å². The Balaban J connectivity index is 1.54. The fourth-order valence-electron chi connectivity index (χ4n) is 2.38. The first-order chi connectivity index (χ1) is 13.5. The van der Waals surface area contributed by atoms with Crippen molar-refractivity contribution in [2.24, 2.45) is 0 Å². The maximum atomic E-state index is 12.4. The molecular weight excluding hydrogens is 374 g/mol. The van der Waals surface area contributed by atoms with Gasteiger partial charge in [-0.15, -0.1) is 5.10 Å². The summed E-state index contributed by atoms with van der Waals surface area (Å²) in [6, 6.07) is 16.6. The summed E-state index contributed by atoms with van der Waals surface area (Å²) in [5.41, 5.74) is 2.12. The van der Waals surface area contributed by atoms with Gasteiger partial charge in [-0.25, -0.2) is 4.98 Å². The summed E-state index contributed by atoms with van der Waals surface area (Å²) in [5, 5.41) is 18.8. The zero-order valence-electron chi connectivity index (χ0n) is 15.5. The molecule has 3 aromatic rings. The predicted molar refractivity (Wildman–Crippen MR) is 107 cm³/mol. The largest absolute Gasteiger partial charge is 0.485 e. The summed E-state index contributed by atoms with van der Waals surface area (Å²) in [5.74, 6) is 1.18. The highest BCUT2D eigenvalue weighted by molar-refractivity contribution is 8.00. The number of nitrogens with one attached hydrogen (secondary N) is 2. The average Bonchev–Trinajstić information content (AvgIpc) is 3.14. The van der Waals surface area contributed by atoms with E-state index < -0.39 is 5.25 Å². The third-order valence-corrected chi connectivity index (χ3v) is 4.84. The van der Waals surface area contributed by atoms with Gasteiger partial charge in [-0.1, -0.05) is 36.0 Å². The van der Waals surface area contributed by atoms with Crippen LogP contribution in [0.4, 0.5) is 5.69 Å². The lowest BCUT2D eigenvalue weighted by Gasteiger charge is -2.10. The van der Waals surface area contributed by atoms with Gasteiger partial charge in [0.15, 0.2) is 5.82 Å². The molecule has 1 aromatic heterocycles. The zero-order valence-corrected chi connectivity index (χ0v) is 16.3. The molecule has 0 spiro atoms. The molecule has 28 heavy (non-hydrogen) atoms. The van der Waals surface area contributed by atoms with E-state index in [0.29, 0.717) is 22.2 Å². The Morgan fingerprint density at radius 2 is 2.14 bits per heavy atom. The third-order valence-electron chi connectivity index (χ3n) is 3.88. The van der Waals surface area contributed by atoms with Gasteiger partial charge in [0.05, 0.1) is 16.9 Å². The first-order valence-electron chi connectivity index (χ1n) is 8.62. The van der Waals surface area contributed by atoms with Gasteiger partial charge < -0.3 is 10.1 Å². The topological polar surface area (TPSA) is 104 Å². The number of thioether (sulfide) groups is 1. The van der Waals surface area contributed by atoms with Crippen LogP contribution in [0.15, 0.2) is 53.7 Å². The number of amides is 1. The van der Waals surface area contributed by atoms with Gasteiger partial charge in [-0.2, -0.15) is 5.26 Å². The van der Waals surface area contributed by atoms with Crippen LogP contribution in [-0.4, -0.2) is 26.3 Å². The van der Waals surface area contributed by atoms with Crippen LogP contribution in [0.3, 0.4) is 0 Å². The summed E-state index contributed by atoms with van der Waals surface area (Å²) < 4.78 is 5.74. The quantitative estimate of drug-likeness (QED) is 0.594. The second-order valence-corrected chi connectivity index (χ2v) is 7.37. The smallest absolute Gasteiger partial charge is 0.237 e. The van der Waals surface area contributed by atoms with E-state index in [2.05, 4.69) is 20.5 Å². The lowest BCUT2D eigenvalue weighted by Crippen LogP contribution is -2.22. The number of rotatable bonds is 7. The molecule has 3 rings (SSSR count). The van der Waals surface area contributed by atoms with Crippen LogP contribution < -0.4 is 10.1 Å². The zero-order chi connectivity index (χ0) is 19.9. The lowest BCUT2D eigenvalue weighted by molar-refractivity contribution is -0.115. The minimum atomic E-state index is -0.410. The number of anilines is 1. The fraction of sp³-hybridized carbons (Fsp3) is 0.200. The first kappa shape index (κ1) is 19.5. The SMILES string of the molecule is Cc1ccccc1OCc1nc(S[C@@H](C)C(=O)Nc2cccc(C#N)c2)n[nH]1. The Hall–Kier alpha value is -3.31. The predicted octanol–water partition coefficient (Wildman–Crippen LogP) is 3.68. The number of H-pyrrole nitrogens is 1. The van der Waals surface area contributed by atoms with Crippen molar-refractivity contribution in [2.75, 3.05) is 5.32 Å². The number of aromatic nitrogens is 3. The number of hydrogen-bond acceptors (Lipinski definition) is 6. The van der Waals surface area contributed by atoms with E-state index in [-0.39, 0.29) is 12.5 Å². The molecule has 0 saturated heterocycles. The maximum absolute atomic E-state index is 12.4. The highest BCUT2D eigenvalue weighted by atomic mass is 32.2. The molecule has 2 N–H and O–H groups in total. The summed E-state index contributed by atoms with van der Waals surface area (Å²) in [7, 11) is 0. The molecule has 1 atom stereocenters. The summed E-state index contributed by atoms with van der Waals surface area (Å²) in [6.45, 7) is 4.01. The number of nitrogens with zero attached hydrogens (tertiary/aromatic N) is 3. The molecule has 2 aromatic carbocycles. The van der Waals surface area contributed by atoms with E-state index in [1.54, 1.807) is 31.2 Å². The highest BCUT2D eigenvalue weighted by Gasteiger charge is 2.17. The number of para-hydroxylation sites is 1. The van der Waals surface area contributed by atoms with E-state index in [1.807, 2.05) is 37.3 Å². The molecule has 1 amide bonds. The number of aromatic amines is 1. The van der Waals surface area contributed by atoms with Gasteiger partial charge in [-0.05, 0) is 43.7 Å². The van der Waals surface area contributed by atoms with E-state index in [4.69, 9.17) is 10.00 Å². The van der Waals surface area contributed by atoms with E-state index in [9.17, 15) is 4.79 Å². The second kappa shape index (κ2) is 9.06. The van der Waals surface area contributed by atoms with Gasteiger partial charge in [0, 0.05) is 5.69 Å². The van der Waals surface area contributed by atoms with Crippen LogP contribution in [0.25, 0.3) is 0 Å². The van der Waals surface area contributed by atoms with Crippen LogP contribution in [-0.2, 0) is 11.4 Å². The molecule has 8 heteroatoms. The van der Waals surface area contributed by atoms with Crippen LogP contribution in [0.5, 0.6) is 5.75 Å². The van der Waals surface area contributed by atoms with Crippen LogP contribution in [0.1, 0.15) is 23.9 Å². The summed E-state index contributed by atoms with van der Waals surface area (Å²) in [4.78, 5) is 16.7. The Morgan fingerprint density at radius 1 is 1.32 bits per heavy atom. The third kappa shape index (κ3) is 5.11. The van der Waals surface area contributed by atoms with Gasteiger partial charge >= 0.3 is 0 Å². The molecule has 142 valence electrons. The van der Waals surface area contributed by atoms with Crippen LogP contribution in [0, 0.1) is 18.3 Å². The Labute approximate surface area is 167 Å². The number of ether oxygens (including phenoxy) is 1. The Bertz CT molecular complexity index is 1010.